The Bertz CT molecular complexity index is 635. The van der Waals surface area contributed by atoms with Crippen molar-refractivity contribution in [1.82, 2.24) is 10.2 Å². The Morgan fingerprint density at radius 2 is 2.00 bits per heavy atom. The summed E-state index contributed by atoms with van der Waals surface area (Å²) in [6, 6.07) is 10.9. The molecule has 1 aromatic rings. The van der Waals surface area contributed by atoms with Crippen molar-refractivity contribution < 1.29 is 9.53 Å². The van der Waals surface area contributed by atoms with Crippen LogP contribution < -0.4 is 5.32 Å². The molecule has 0 radical (unpaired) electrons. The number of carbonyl (C=O) groups is 1. The lowest BCUT2D eigenvalue weighted by Crippen LogP contribution is -2.56. The summed E-state index contributed by atoms with van der Waals surface area (Å²) in [7, 11) is 0. The fraction of sp³-hybridized carbons (Fsp3) is 0.571. The van der Waals surface area contributed by atoms with Gasteiger partial charge in [-0.15, -0.1) is 0 Å². The first-order valence-corrected chi connectivity index (χ1v) is 9.24. The van der Waals surface area contributed by atoms with Gasteiger partial charge in [-0.1, -0.05) is 42.5 Å². The number of amides is 1. The quantitative estimate of drug-likeness (QED) is 0.833. The summed E-state index contributed by atoms with van der Waals surface area (Å²) in [5, 5.41) is 3.23. The van der Waals surface area contributed by atoms with Crippen LogP contribution in [0.4, 0.5) is 4.79 Å². The number of allylic oxidation sites excluding steroid dienone is 1. The Labute approximate surface area is 151 Å². The van der Waals surface area contributed by atoms with Crippen LogP contribution in [0, 0.1) is 5.92 Å². The summed E-state index contributed by atoms with van der Waals surface area (Å²) >= 11 is 0. The van der Waals surface area contributed by atoms with Gasteiger partial charge in [-0.25, -0.2) is 4.79 Å². The van der Waals surface area contributed by atoms with Gasteiger partial charge in [0, 0.05) is 19.1 Å². The molecular weight excluding hydrogens is 312 g/mol. The predicted molar refractivity (Wildman–Crippen MR) is 100 cm³/mol. The normalized spacial score (nSPS) is 27.6. The van der Waals surface area contributed by atoms with Crippen molar-refractivity contribution in [3.05, 3.63) is 48.0 Å². The third kappa shape index (κ3) is 4.06. The summed E-state index contributed by atoms with van der Waals surface area (Å²) in [6.45, 7) is 9.82. The molecule has 2 unspecified atom stereocenters. The van der Waals surface area contributed by atoms with E-state index in [0.29, 0.717) is 12.0 Å². The van der Waals surface area contributed by atoms with Gasteiger partial charge < -0.3 is 10.1 Å². The second-order valence-corrected chi connectivity index (χ2v) is 8.41. The highest BCUT2D eigenvalue weighted by molar-refractivity contribution is 5.69. The molecule has 3 rings (SSSR count). The molecule has 0 saturated carbocycles. The number of likely N-dealkylation sites (tertiary alicyclic amines) is 1. The minimum Gasteiger partial charge on any atom is -0.444 e. The highest BCUT2D eigenvalue weighted by atomic mass is 16.6. The van der Waals surface area contributed by atoms with Crippen LogP contribution in [-0.4, -0.2) is 35.2 Å². The Hall–Kier alpha value is -1.81. The predicted octanol–water partition coefficient (Wildman–Crippen LogP) is 4.29. The molecule has 1 aliphatic carbocycles. The lowest BCUT2D eigenvalue weighted by molar-refractivity contribution is 0.0428. The van der Waals surface area contributed by atoms with Gasteiger partial charge in [-0.2, -0.15) is 0 Å². The molecule has 1 heterocycles. The molecule has 1 saturated heterocycles. The number of carbonyl (C=O) groups excluding carboxylic acids is 1. The number of nitrogens with one attached hydrogen (secondary N) is 1. The van der Waals surface area contributed by atoms with Gasteiger partial charge in [0.25, 0.3) is 0 Å². The van der Waals surface area contributed by atoms with Crippen molar-refractivity contribution in [3.8, 4) is 0 Å². The Morgan fingerprint density at radius 1 is 1.28 bits per heavy atom. The van der Waals surface area contributed by atoms with Crippen LogP contribution in [0.1, 0.15) is 52.1 Å². The number of fused-ring (bicyclic) bond motifs is 1. The first-order valence-electron chi connectivity index (χ1n) is 9.24. The molecule has 1 aromatic carbocycles. The zero-order valence-corrected chi connectivity index (χ0v) is 15.8. The summed E-state index contributed by atoms with van der Waals surface area (Å²) < 4.78 is 5.53. The minimum absolute atomic E-state index is 0.222. The molecule has 0 spiro atoms. The van der Waals surface area contributed by atoms with Gasteiger partial charge >= 0.3 is 6.09 Å². The largest absolute Gasteiger partial charge is 0.444 e. The summed E-state index contributed by atoms with van der Waals surface area (Å²) in [5.74, 6) is 0.427. The van der Waals surface area contributed by atoms with Gasteiger partial charge in [-0.3, -0.25) is 4.90 Å². The number of nitrogens with zero attached hydrogens (tertiary/aromatic N) is 1. The van der Waals surface area contributed by atoms with Crippen LogP contribution >= 0.6 is 0 Å². The van der Waals surface area contributed by atoms with Crippen molar-refractivity contribution in [3.63, 3.8) is 0 Å². The lowest BCUT2D eigenvalue weighted by atomic mass is 9.78. The number of ether oxygens (including phenoxy) is 1. The van der Waals surface area contributed by atoms with Crippen molar-refractivity contribution in [2.24, 2.45) is 5.92 Å². The molecule has 25 heavy (non-hydrogen) atoms. The molecular formula is C21H30N2O2. The molecule has 0 bridgehead atoms. The van der Waals surface area contributed by atoms with Gasteiger partial charge in [0.1, 0.15) is 5.60 Å². The van der Waals surface area contributed by atoms with Gasteiger partial charge in [0.05, 0.1) is 5.54 Å². The van der Waals surface area contributed by atoms with Crippen LogP contribution in [-0.2, 0) is 4.74 Å². The third-order valence-electron chi connectivity index (χ3n) is 5.37. The second kappa shape index (κ2) is 6.83. The number of hydrogen-bond acceptors (Lipinski definition) is 3. The summed E-state index contributed by atoms with van der Waals surface area (Å²) in [4.78, 5) is 14.9. The van der Waals surface area contributed by atoms with Crippen LogP contribution in [0.3, 0.4) is 0 Å². The number of alkyl carbamates (subject to hydrolysis) is 1. The van der Waals surface area contributed by atoms with E-state index < -0.39 is 5.60 Å². The molecule has 0 aromatic heterocycles. The van der Waals surface area contributed by atoms with Crippen molar-refractivity contribution in [2.75, 3.05) is 13.1 Å². The van der Waals surface area contributed by atoms with E-state index in [9.17, 15) is 4.79 Å². The van der Waals surface area contributed by atoms with Crippen molar-refractivity contribution in [1.29, 1.82) is 0 Å². The standard InChI is InChI=1S/C21H30N2O2/c1-16(17-10-6-5-7-11-17)23-14-18-12-8-9-13-21(18,15-23)22-19(24)25-20(2,3)4/h5-11,16,18H,12-15H2,1-4H3,(H,22,24)/t16-,18?,21?/m1/s1. The second-order valence-electron chi connectivity index (χ2n) is 8.41. The van der Waals surface area contributed by atoms with Crippen LogP contribution in [0.25, 0.3) is 0 Å². The summed E-state index contributed by atoms with van der Waals surface area (Å²) in [5.41, 5.74) is 0.623. The van der Waals surface area contributed by atoms with Crippen molar-refractivity contribution >= 4 is 6.09 Å². The van der Waals surface area contributed by atoms with Gasteiger partial charge in [-0.05, 0) is 52.0 Å². The molecule has 1 amide bonds. The molecule has 4 heteroatoms. The van der Waals surface area contributed by atoms with E-state index >= 15 is 0 Å². The molecule has 3 atom stereocenters. The van der Waals surface area contributed by atoms with E-state index in [-0.39, 0.29) is 11.6 Å². The van der Waals surface area contributed by atoms with E-state index in [1.165, 1.54) is 5.56 Å². The summed E-state index contributed by atoms with van der Waals surface area (Å²) in [6.07, 6.45) is 6.02. The van der Waals surface area contributed by atoms with Crippen LogP contribution in [0.2, 0.25) is 0 Å². The Balaban J connectivity index is 1.75. The minimum atomic E-state index is -0.476. The topological polar surface area (TPSA) is 41.6 Å². The maximum Gasteiger partial charge on any atom is 0.408 e. The zero-order valence-electron chi connectivity index (χ0n) is 15.8. The first-order chi connectivity index (χ1) is 11.8. The van der Waals surface area contributed by atoms with E-state index in [4.69, 9.17) is 4.74 Å². The number of benzene rings is 1. The fourth-order valence-electron chi connectivity index (χ4n) is 4.04. The smallest absolute Gasteiger partial charge is 0.408 e. The van der Waals surface area contributed by atoms with Crippen LogP contribution in [0.15, 0.2) is 42.5 Å². The third-order valence-corrected chi connectivity index (χ3v) is 5.37. The molecule has 136 valence electrons. The molecule has 4 nitrogen and oxygen atoms in total. The highest BCUT2D eigenvalue weighted by Crippen LogP contribution is 2.40. The fourth-order valence-corrected chi connectivity index (χ4v) is 4.04. The Morgan fingerprint density at radius 3 is 2.68 bits per heavy atom. The van der Waals surface area contributed by atoms with Gasteiger partial charge in [0.2, 0.25) is 0 Å². The average Bonchev–Trinajstić information content (AvgIpc) is 2.92. The van der Waals surface area contributed by atoms with Crippen LogP contribution in [0.5, 0.6) is 0 Å². The zero-order chi connectivity index (χ0) is 18.1. The molecule has 1 aliphatic heterocycles. The average molecular weight is 342 g/mol. The SMILES string of the molecule is C[C@H](c1ccccc1)N1CC2CC=CCC2(NC(=O)OC(C)(C)C)C1. The van der Waals surface area contributed by atoms with E-state index in [1.54, 1.807) is 0 Å². The molecule has 1 fully saturated rings. The van der Waals surface area contributed by atoms with E-state index in [0.717, 1.165) is 25.9 Å². The maximum atomic E-state index is 12.4. The Kier molecular flexibility index (Phi) is 4.92. The maximum absolute atomic E-state index is 12.4. The number of hydrogen-bond donors (Lipinski definition) is 1. The van der Waals surface area contributed by atoms with E-state index in [2.05, 4.69) is 59.6 Å². The monoisotopic (exact) mass is 342 g/mol. The van der Waals surface area contributed by atoms with E-state index in [1.807, 2.05) is 20.8 Å². The highest BCUT2D eigenvalue weighted by Gasteiger charge is 2.49. The molecule has 2 aliphatic rings. The van der Waals surface area contributed by atoms with Gasteiger partial charge in [0.15, 0.2) is 0 Å². The lowest BCUT2D eigenvalue weighted by Gasteiger charge is -2.37. The molecule has 1 N–H and O–H groups in total. The number of rotatable bonds is 3. The first kappa shape index (κ1) is 18.0. The van der Waals surface area contributed by atoms with Crippen molar-refractivity contribution in [2.45, 2.75) is 57.7 Å².